The molecule has 7 heteroatoms. The first-order chi connectivity index (χ1) is 13.0. The molecule has 0 fully saturated rings. The van der Waals surface area contributed by atoms with Gasteiger partial charge in [-0.15, -0.1) is 0 Å². The van der Waals surface area contributed by atoms with E-state index in [0.717, 1.165) is 5.75 Å². The summed E-state index contributed by atoms with van der Waals surface area (Å²) in [5.41, 5.74) is 0. The third-order valence-corrected chi connectivity index (χ3v) is 5.27. The zero-order valence-electron chi connectivity index (χ0n) is 18.1. The molecule has 0 aliphatic heterocycles. The summed E-state index contributed by atoms with van der Waals surface area (Å²) in [5, 5.41) is 12.3. The Morgan fingerprint density at radius 1 is 1.00 bits per heavy atom. The SMILES string of the molecule is CSCCC(CC(C)=O)C(=O)NC(CC(C)C)C(=O)CC(CO)C(=O)C(C)C. The van der Waals surface area contributed by atoms with Gasteiger partial charge in [0.1, 0.15) is 11.6 Å². The monoisotopic (exact) mass is 415 g/mol. The Morgan fingerprint density at radius 2 is 1.61 bits per heavy atom. The molecule has 0 saturated heterocycles. The highest BCUT2D eigenvalue weighted by atomic mass is 32.2. The van der Waals surface area contributed by atoms with Crippen LogP contribution in [0.4, 0.5) is 0 Å². The van der Waals surface area contributed by atoms with Crippen LogP contribution in [0.3, 0.4) is 0 Å². The lowest BCUT2D eigenvalue weighted by Gasteiger charge is -2.24. The molecule has 0 radical (unpaired) electrons. The van der Waals surface area contributed by atoms with E-state index in [9.17, 15) is 24.3 Å². The fourth-order valence-corrected chi connectivity index (χ4v) is 3.60. The molecule has 0 aromatic heterocycles. The van der Waals surface area contributed by atoms with E-state index in [0.29, 0.717) is 12.8 Å². The summed E-state index contributed by atoms with van der Waals surface area (Å²) < 4.78 is 0. The van der Waals surface area contributed by atoms with Crippen molar-refractivity contribution in [2.75, 3.05) is 18.6 Å². The lowest BCUT2D eigenvalue weighted by molar-refractivity contribution is -0.134. The Morgan fingerprint density at radius 3 is 2.04 bits per heavy atom. The van der Waals surface area contributed by atoms with Crippen molar-refractivity contribution in [1.82, 2.24) is 5.32 Å². The molecule has 6 nitrogen and oxygen atoms in total. The standard InChI is InChI=1S/C21H37NO5S/c1-13(2)9-18(19(25)11-17(12-23)20(26)14(3)4)22-21(27)16(7-8-28-6)10-15(5)24/h13-14,16-18,23H,7-12H2,1-6H3,(H,22,27). The minimum Gasteiger partial charge on any atom is -0.396 e. The minimum absolute atomic E-state index is 0.0594. The Kier molecular flexibility index (Phi) is 13.3. The molecule has 0 spiro atoms. The van der Waals surface area contributed by atoms with Crippen molar-refractivity contribution in [3.05, 3.63) is 0 Å². The van der Waals surface area contributed by atoms with Crippen LogP contribution >= 0.6 is 11.8 Å². The van der Waals surface area contributed by atoms with Gasteiger partial charge in [-0.2, -0.15) is 11.8 Å². The van der Waals surface area contributed by atoms with Crippen molar-refractivity contribution in [3.63, 3.8) is 0 Å². The highest BCUT2D eigenvalue weighted by molar-refractivity contribution is 7.98. The number of aliphatic hydroxyl groups excluding tert-OH is 1. The van der Waals surface area contributed by atoms with E-state index in [-0.39, 0.29) is 54.5 Å². The predicted molar refractivity (Wildman–Crippen MR) is 113 cm³/mol. The third-order valence-electron chi connectivity index (χ3n) is 4.63. The summed E-state index contributed by atoms with van der Waals surface area (Å²) >= 11 is 1.60. The van der Waals surface area contributed by atoms with Crippen molar-refractivity contribution in [2.24, 2.45) is 23.7 Å². The molecule has 0 aromatic rings. The van der Waals surface area contributed by atoms with Crippen LogP contribution in [0.1, 0.15) is 60.3 Å². The number of Topliss-reactive ketones (excluding diaryl/α,β-unsaturated/α-hetero) is 3. The van der Waals surface area contributed by atoms with Gasteiger partial charge in [0, 0.05) is 30.6 Å². The van der Waals surface area contributed by atoms with Crippen molar-refractivity contribution >= 4 is 35.0 Å². The van der Waals surface area contributed by atoms with Gasteiger partial charge in [-0.3, -0.25) is 14.4 Å². The number of hydrogen-bond donors (Lipinski definition) is 2. The quantitative estimate of drug-likeness (QED) is 0.426. The number of hydrogen-bond acceptors (Lipinski definition) is 6. The summed E-state index contributed by atoms with van der Waals surface area (Å²) in [5.74, 6) is -1.31. The molecule has 0 aromatic carbocycles. The Labute approximate surface area is 173 Å². The van der Waals surface area contributed by atoms with E-state index in [1.165, 1.54) is 6.92 Å². The van der Waals surface area contributed by atoms with Gasteiger partial charge < -0.3 is 15.2 Å². The van der Waals surface area contributed by atoms with Crippen LogP contribution in [0, 0.1) is 23.7 Å². The Hall–Kier alpha value is -1.21. The zero-order valence-corrected chi connectivity index (χ0v) is 18.9. The molecule has 0 heterocycles. The number of amides is 1. The lowest BCUT2D eigenvalue weighted by Crippen LogP contribution is -2.46. The van der Waals surface area contributed by atoms with Crippen LogP contribution < -0.4 is 5.32 Å². The zero-order chi connectivity index (χ0) is 21.9. The summed E-state index contributed by atoms with van der Waals surface area (Å²) in [6.07, 6.45) is 3.02. The first kappa shape index (κ1) is 26.8. The van der Waals surface area contributed by atoms with Crippen LogP contribution in [0.2, 0.25) is 0 Å². The maximum absolute atomic E-state index is 12.8. The summed E-state index contributed by atoms with van der Waals surface area (Å²) in [6, 6.07) is -0.717. The fraction of sp³-hybridized carbons (Fsp3) is 0.810. The normalized spacial score (nSPS) is 14.6. The molecular weight excluding hydrogens is 378 g/mol. The van der Waals surface area contributed by atoms with Gasteiger partial charge in [0.2, 0.25) is 5.91 Å². The summed E-state index contributed by atoms with van der Waals surface area (Å²) in [7, 11) is 0. The van der Waals surface area contributed by atoms with Gasteiger partial charge >= 0.3 is 0 Å². The van der Waals surface area contributed by atoms with E-state index in [1.54, 1.807) is 25.6 Å². The van der Waals surface area contributed by atoms with Gasteiger partial charge in [0.25, 0.3) is 0 Å². The van der Waals surface area contributed by atoms with Crippen LogP contribution in [-0.4, -0.2) is 53.0 Å². The van der Waals surface area contributed by atoms with Crippen molar-refractivity contribution < 1.29 is 24.3 Å². The molecule has 0 saturated carbocycles. The van der Waals surface area contributed by atoms with Crippen molar-refractivity contribution in [1.29, 1.82) is 0 Å². The van der Waals surface area contributed by atoms with Gasteiger partial charge in [-0.05, 0) is 37.7 Å². The number of aliphatic hydroxyl groups is 1. The van der Waals surface area contributed by atoms with E-state index in [2.05, 4.69) is 5.32 Å². The molecule has 0 rings (SSSR count). The maximum Gasteiger partial charge on any atom is 0.224 e. The second kappa shape index (κ2) is 13.9. The number of ketones is 3. The number of carbonyl (C=O) groups excluding carboxylic acids is 4. The minimum atomic E-state index is -0.747. The molecule has 1 amide bonds. The highest BCUT2D eigenvalue weighted by Gasteiger charge is 2.30. The average Bonchev–Trinajstić information content (AvgIpc) is 2.60. The first-order valence-corrected chi connectivity index (χ1v) is 11.4. The number of carbonyl (C=O) groups is 4. The molecule has 2 N–H and O–H groups in total. The molecule has 3 atom stereocenters. The molecule has 0 bridgehead atoms. The van der Waals surface area contributed by atoms with Crippen LogP contribution in [0.5, 0.6) is 0 Å². The lowest BCUT2D eigenvalue weighted by atomic mass is 9.87. The van der Waals surface area contributed by atoms with Gasteiger partial charge in [0.05, 0.1) is 12.6 Å². The van der Waals surface area contributed by atoms with Gasteiger partial charge in [-0.25, -0.2) is 0 Å². The fourth-order valence-electron chi connectivity index (χ4n) is 3.08. The van der Waals surface area contributed by atoms with Crippen molar-refractivity contribution in [2.45, 2.75) is 66.3 Å². The number of rotatable bonds is 15. The van der Waals surface area contributed by atoms with Gasteiger partial charge in [-0.1, -0.05) is 27.7 Å². The second-order valence-corrected chi connectivity index (χ2v) is 9.17. The number of thioether (sulfide) groups is 1. The van der Waals surface area contributed by atoms with E-state index in [1.807, 2.05) is 20.1 Å². The molecule has 0 aliphatic rings. The summed E-state index contributed by atoms with van der Waals surface area (Å²) in [4.78, 5) is 49.3. The van der Waals surface area contributed by atoms with E-state index < -0.39 is 17.9 Å². The maximum atomic E-state index is 12.8. The summed E-state index contributed by atoms with van der Waals surface area (Å²) in [6.45, 7) is 8.46. The van der Waals surface area contributed by atoms with Crippen LogP contribution in [0.25, 0.3) is 0 Å². The largest absolute Gasteiger partial charge is 0.396 e. The van der Waals surface area contributed by atoms with Crippen molar-refractivity contribution in [3.8, 4) is 0 Å². The molecule has 0 aliphatic carbocycles. The highest BCUT2D eigenvalue weighted by Crippen LogP contribution is 2.18. The Balaban J connectivity index is 5.26. The van der Waals surface area contributed by atoms with Crippen LogP contribution in [-0.2, 0) is 19.2 Å². The first-order valence-electron chi connectivity index (χ1n) is 9.99. The molecule has 162 valence electrons. The topological polar surface area (TPSA) is 101 Å². The van der Waals surface area contributed by atoms with Gasteiger partial charge in [0.15, 0.2) is 5.78 Å². The number of nitrogens with one attached hydrogen (secondary N) is 1. The second-order valence-electron chi connectivity index (χ2n) is 8.18. The Bertz CT molecular complexity index is 533. The smallest absolute Gasteiger partial charge is 0.224 e. The molecular formula is C21H37NO5S. The average molecular weight is 416 g/mol. The molecule has 28 heavy (non-hydrogen) atoms. The van der Waals surface area contributed by atoms with Crippen LogP contribution in [0.15, 0.2) is 0 Å². The van der Waals surface area contributed by atoms with E-state index in [4.69, 9.17) is 0 Å². The third kappa shape index (κ3) is 10.4. The predicted octanol–water partition coefficient (Wildman–Crippen LogP) is 2.66. The van der Waals surface area contributed by atoms with E-state index >= 15 is 0 Å². The molecule has 3 unspecified atom stereocenters.